The van der Waals surface area contributed by atoms with Crippen LogP contribution in [-0.2, 0) is 5.92 Å². The summed E-state index contributed by atoms with van der Waals surface area (Å²) in [6, 6.07) is 4.35. The molecule has 2 aromatic rings. The standard InChI is InChI=1S/C12H9ClF5N3/c1-21(2)6-3-4-8-7(5-6)9(13)20-10(19-8)11(14,15)12(16,17)18/h3-5H,1-2H3. The summed E-state index contributed by atoms with van der Waals surface area (Å²) in [7, 11) is 3.48. The van der Waals surface area contributed by atoms with Crippen molar-refractivity contribution in [2.24, 2.45) is 0 Å². The number of anilines is 1. The molecule has 0 N–H and O–H groups in total. The molecule has 2 rings (SSSR count). The van der Waals surface area contributed by atoms with Crippen LogP contribution in [0.5, 0.6) is 0 Å². The molecule has 0 aliphatic carbocycles. The van der Waals surface area contributed by atoms with Gasteiger partial charge in [-0.3, -0.25) is 0 Å². The second-order valence-corrected chi connectivity index (χ2v) is 4.86. The van der Waals surface area contributed by atoms with Crippen LogP contribution in [0.4, 0.5) is 27.6 Å². The molecule has 1 aromatic carbocycles. The second-order valence-electron chi connectivity index (χ2n) is 4.51. The van der Waals surface area contributed by atoms with Crippen LogP contribution in [0.3, 0.4) is 0 Å². The smallest absolute Gasteiger partial charge is 0.378 e. The van der Waals surface area contributed by atoms with Crippen LogP contribution in [0, 0.1) is 0 Å². The number of aromatic nitrogens is 2. The van der Waals surface area contributed by atoms with Crippen molar-refractivity contribution in [3.05, 3.63) is 29.2 Å². The monoisotopic (exact) mass is 325 g/mol. The maximum absolute atomic E-state index is 13.3. The molecule has 0 saturated heterocycles. The van der Waals surface area contributed by atoms with E-state index in [0.717, 1.165) is 0 Å². The molecule has 0 aliphatic heterocycles. The van der Waals surface area contributed by atoms with Crippen molar-refractivity contribution in [2.45, 2.75) is 12.1 Å². The largest absolute Gasteiger partial charge is 0.461 e. The Labute approximate surface area is 121 Å². The Balaban J connectivity index is 2.64. The molecule has 9 heteroatoms. The molecule has 0 radical (unpaired) electrons. The van der Waals surface area contributed by atoms with E-state index in [2.05, 4.69) is 9.97 Å². The van der Waals surface area contributed by atoms with Gasteiger partial charge in [-0.2, -0.15) is 22.0 Å². The van der Waals surface area contributed by atoms with Gasteiger partial charge in [0.25, 0.3) is 0 Å². The van der Waals surface area contributed by atoms with Crippen molar-refractivity contribution in [1.82, 2.24) is 9.97 Å². The number of nitrogens with zero attached hydrogens (tertiary/aromatic N) is 3. The minimum Gasteiger partial charge on any atom is -0.378 e. The van der Waals surface area contributed by atoms with E-state index in [1.165, 1.54) is 18.2 Å². The highest BCUT2D eigenvalue weighted by atomic mass is 35.5. The van der Waals surface area contributed by atoms with Crippen LogP contribution in [0.1, 0.15) is 5.82 Å². The first-order valence-corrected chi connectivity index (χ1v) is 6.01. The molecule has 0 bridgehead atoms. The SMILES string of the molecule is CN(C)c1ccc2nc(C(F)(F)C(F)(F)F)nc(Cl)c2c1. The summed E-state index contributed by atoms with van der Waals surface area (Å²) >= 11 is 5.72. The number of hydrogen-bond acceptors (Lipinski definition) is 3. The Morgan fingerprint density at radius 1 is 1.05 bits per heavy atom. The highest BCUT2D eigenvalue weighted by molar-refractivity contribution is 6.34. The molecule has 0 fully saturated rings. The fourth-order valence-corrected chi connectivity index (χ4v) is 1.86. The zero-order valence-corrected chi connectivity index (χ0v) is 11.6. The van der Waals surface area contributed by atoms with Gasteiger partial charge in [0.05, 0.1) is 5.52 Å². The van der Waals surface area contributed by atoms with Crippen LogP contribution in [0.25, 0.3) is 10.9 Å². The maximum atomic E-state index is 13.3. The van der Waals surface area contributed by atoms with Crippen molar-refractivity contribution in [3.8, 4) is 0 Å². The van der Waals surface area contributed by atoms with Gasteiger partial charge in [0.1, 0.15) is 5.15 Å². The first-order chi connectivity index (χ1) is 9.54. The molecule has 21 heavy (non-hydrogen) atoms. The van der Waals surface area contributed by atoms with Gasteiger partial charge < -0.3 is 4.90 Å². The Morgan fingerprint density at radius 3 is 2.19 bits per heavy atom. The van der Waals surface area contributed by atoms with Gasteiger partial charge in [0.2, 0.25) is 5.82 Å². The normalized spacial score (nSPS) is 12.8. The summed E-state index contributed by atoms with van der Waals surface area (Å²) in [4.78, 5) is 8.11. The molecule has 3 nitrogen and oxygen atoms in total. The quantitative estimate of drug-likeness (QED) is 0.617. The van der Waals surface area contributed by atoms with Crippen LogP contribution >= 0.6 is 11.6 Å². The summed E-state index contributed by atoms with van der Waals surface area (Å²) in [6.45, 7) is 0. The van der Waals surface area contributed by atoms with Gasteiger partial charge in [-0.05, 0) is 18.2 Å². The lowest BCUT2D eigenvalue weighted by molar-refractivity contribution is -0.292. The highest BCUT2D eigenvalue weighted by Gasteiger charge is 2.61. The average Bonchev–Trinajstić information content (AvgIpc) is 2.36. The van der Waals surface area contributed by atoms with Gasteiger partial charge in [-0.25, -0.2) is 9.97 Å². The van der Waals surface area contributed by atoms with Crippen LogP contribution in [0.2, 0.25) is 5.15 Å². The number of fused-ring (bicyclic) bond motifs is 1. The predicted molar refractivity (Wildman–Crippen MR) is 68.8 cm³/mol. The molecule has 1 aromatic heterocycles. The van der Waals surface area contributed by atoms with Crippen molar-refractivity contribution in [1.29, 1.82) is 0 Å². The van der Waals surface area contributed by atoms with Crippen LogP contribution in [0.15, 0.2) is 18.2 Å². The van der Waals surface area contributed by atoms with E-state index >= 15 is 0 Å². The van der Waals surface area contributed by atoms with Crippen LogP contribution < -0.4 is 4.90 Å². The molecule has 0 aliphatic rings. The van der Waals surface area contributed by atoms with E-state index in [1.54, 1.807) is 19.0 Å². The zero-order valence-electron chi connectivity index (χ0n) is 10.8. The number of hydrogen-bond donors (Lipinski definition) is 0. The molecule has 1 heterocycles. The topological polar surface area (TPSA) is 29.0 Å². The molecular formula is C12H9ClF5N3. The first-order valence-electron chi connectivity index (χ1n) is 5.63. The molecular weight excluding hydrogens is 317 g/mol. The van der Waals surface area contributed by atoms with Crippen molar-refractivity contribution in [2.75, 3.05) is 19.0 Å². The van der Waals surface area contributed by atoms with Crippen molar-refractivity contribution < 1.29 is 22.0 Å². The van der Waals surface area contributed by atoms with E-state index < -0.39 is 23.1 Å². The molecule has 114 valence electrons. The van der Waals surface area contributed by atoms with Gasteiger partial charge in [-0.15, -0.1) is 0 Å². The third-order valence-corrected chi connectivity index (χ3v) is 3.07. The average molecular weight is 326 g/mol. The highest BCUT2D eigenvalue weighted by Crippen LogP contribution is 2.43. The Hall–Kier alpha value is -1.70. The lowest BCUT2D eigenvalue weighted by Crippen LogP contribution is -2.35. The summed E-state index contributed by atoms with van der Waals surface area (Å²) in [5, 5.41) is -0.257. The molecule has 0 amide bonds. The van der Waals surface area contributed by atoms with Crippen molar-refractivity contribution in [3.63, 3.8) is 0 Å². The van der Waals surface area contributed by atoms with Crippen molar-refractivity contribution >= 4 is 28.2 Å². The van der Waals surface area contributed by atoms with Gasteiger partial charge in [0.15, 0.2) is 0 Å². The van der Waals surface area contributed by atoms with Gasteiger partial charge >= 0.3 is 12.1 Å². The molecule has 0 spiro atoms. The van der Waals surface area contributed by atoms with E-state index in [-0.39, 0.29) is 10.9 Å². The molecule has 0 saturated carbocycles. The number of alkyl halides is 5. The Kier molecular flexibility index (Phi) is 3.69. The number of rotatable bonds is 2. The first kappa shape index (κ1) is 15.7. The zero-order chi connectivity index (χ0) is 16.0. The molecule has 0 atom stereocenters. The summed E-state index contributed by atoms with van der Waals surface area (Å²) in [6.07, 6.45) is -5.78. The van der Waals surface area contributed by atoms with E-state index in [0.29, 0.717) is 5.69 Å². The Morgan fingerprint density at radius 2 is 1.67 bits per heavy atom. The Bertz CT molecular complexity index is 684. The fourth-order valence-electron chi connectivity index (χ4n) is 1.62. The van der Waals surface area contributed by atoms with E-state index in [4.69, 9.17) is 11.6 Å². The van der Waals surface area contributed by atoms with Crippen LogP contribution in [-0.4, -0.2) is 30.2 Å². The molecule has 0 unspecified atom stereocenters. The van der Waals surface area contributed by atoms with Gasteiger partial charge in [0, 0.05) is 25.2 Å². The minimum atomic E-state index is -5.78. The number of benzene rings is 1. The minimum absolute atomic E-state index is 0.0838. The van der Waals surface area contributed by atoms with E-state index in [1.807, 2.05) is 0 Å². The summed E-state index contributed by atoms with van der Waals surface area (Å²) in [5.74, 6) is -6.82. The lowest BCUT2D eigenvalue weighted by atomic mass is 10.2. The summed E-state index contributed by atoms with van der Waals surface area (Å²) < 4.78 is 63.5. The second kappa shape index (κ2) is 4.94. The van der Waals surface area contributed by atoms with Gasteiger partial charge in [-0.1, -0.05) is 11.6 Å². The predicted octanol–water partition coefficient (Wildman–Crippen LogP) is 4.00. The number of halogens is 6. The lowest BCUT2D eigenvalue weighted by Gasteiger charge is -2.19. The maximum Gasteiger partial charge on any atom is 0.461 e. The third-order valence-electron chi connectivity index (χ3n) is 2.79. The fraction of sp³-hybridized carbons (Fsp3) is 0.333. The summed E-state index contributed by atoms with van der Waals surface area (Å²) in [5.41, 5.74) is 0.600. The third kappa shape index (κ3) is 2.72. The van der Waals surface area contributed by atoms with E-state index in [9.17, 15) is 22.0 Å².